The number of pyridine rings is 1. The van der Waals surface area contributed by atoms with Crippen LogP contribution < -0.4 is 10.1 Å². The van der Waals surface area contributed by atoms with Gasteiger partial charge in [0.2, 0.25) is 5.88 Å². The molecule has 3 rings (SSSR count). The summed E-state index contributed by atoms with van der Waals surface area (Å²) in [6, 6.07) is 9.88. The Morgan fingerprint density at radius 1 is 1.29 bits per heavy atom. The van der Waals surface area contributed by atoms with Crippen molar-refractivity contribution in [3.05, 3.63) is 47.8 Å². The molecular formula is C16H18N4O. The van der Waals surface area contributed by atoms with Crippen LogP contribution in [0.25, 0.3) is 10.9 Å². The second kappa shape index (κ2) is 5.54. The fourth-order valence-corrected chi connectivity index (χ4v) is 2.41. The summed E-state index contributed by atoms with van der Waals surface area (Å²) in [5, 5.41) is 8.67. The summed E-state index contributed by atoms with van der Waals surface area (Å²) in [5.41, 5.74) is 2.96. The Bertz CT molecular complexity index is 779. The van der Waals surface area contributed by atoms with Gasteiger partial charge in [-0.2, -0.15) is 5.10 Å². The number of rotatable bonds is 4. The van der Waals surface area contributed by atoms with E-state index in [0.29, 0.717) is 0 Å². The van der Waals surface area contributed by atoms with Crippen LogP contribution in [-0.4, -0.2) is 21.8 Å². The highest BCUT2D eigenvalue weighted by atomic mass is 16.5. The first kappa shape index (κ1) is 13.6. The third kappa shape index (κ3) is 2.60. The molecule has 0 aliphatic carbocycles. The maximum atomic E-state index is 6.04. The van der Waals surface area contributed by atoms with Gasteiger partial charge < -0.3 is 10.1 Å². The van der Waals surface area contributed by atoms with E-state index in [9.17, 15) is 0 Å². The van der Waals surface area contributed by atoms with E-state index >= 15 is 0 Å². The van der Waals surface area contributed by atoms with Gasteiger partial charge in [-0.1, -0.05) is 6.07 Å². The number of benzene rings is 1. The van der Waals surface area contributed by atoms with Gasteiger partial charge in [-0.25, -0.2) is 4.68 Å². The Balaban J connectivity index is 1.98. The van der Waals surface area contributed by atoms with Crippen LogP contribution in [0, 0.1) is 6.92 Å². The van der Waals surface area contributed by atoms with Crippen molar-refractivity contribution in [2.45, 2.75) is 13.5 Å². The molecule has 0 radical (unpaired) electrons. The van der Waals surface area contributed by atoms with E-state index in [0.717, 1.165) is 40.3 Å². The Kier molecular flexibility index (Phi) is 3.58. The van der Waals surface area contributed by atoms with Gasteiger partial charge in [-0.15, -0.1) is 0 Å². The predicted octanol–water partition coefficient (Wildman–Crippen LogP) is 2.79. The third-order valence-corrected chi connectivity index (χ3v) is 3.43. The molecular weight excluding hydrogens is 264 g/mol. The average molecular weight is 282 g/mol. The highest BCUT2D eigenvalue weighted by Crippen LogP contribution is 2.28. The molecule has 5 heteroatoms. The van der Waals surface area contributed by atoms with E-state index in [1.54, 1.807) is 10.9 Å². The molecule has 0 unspecified atom stereocenters. The van der Waals surface area contributed by atoms with Gasteiger partial charge in [-0.05, 0) is 32.2 Å². The second-order valence-corrected chi connectivity index (χ2v) is 4.98. The monoisotopic (exact) mass is 282 g/mol. The highest BCUT2D eigenvalue weighted by Gasteiger charge is 2.14. The fourth-order valence-electron chi connectivity index (χ4n) is 2.41. The minimum atomic E-state index is 0.723. The third-order valence-electron chi connectivity index (χ3n) is 3.43. The Hall–Kier alpha value is -2.40. The van der Waals surface area contributed by atoms with Gasteiger partial charge in [-0.3, -0.25) is 4.98 Å². The summed E-state index contributed by atoms with van der Waals surface area (Å²) >= 11 is 0. The molecule has 1 aromatic carbocycles. The van der Waals surface area contributed by atoms with Gasteiger partial charge in [0.25, 0.3) is 0 Å². The molecule has 2 heterocycles. The van der Waals surface area contributed by atoms with E-state index in [2.05, 4.69) is 15.4 Å². The molecule has 108 valence electrons. The minimum Gasteiger partial charge on any atom is -0.439 e. The van der Waals surface area contributed by atoms with Crippen LogP contribution in [0.15, 0.2) is 36.5 Å². The van der Waals surface area contributed by atoms with Gasteiger partial charge in [0.1, 0.15) is 5.75 Å². The van der Waals surface area contributed by atoms with Crippen LogP contribution in [0.5, 0.6) is 11.6 Å². The van der Waals surface area contributed by atoms with Gasteiger partial charge in [0.15, 0.2) is 0 Å². The lowest BCUT2D eigenvalue weighted by molar-refractivity contribution is 0.425. The first-order valence-corrected chi connectivity index (χ1v) is 6.88. The minimum absolute atomic E-state index is 0.723. The van der Waals surface area contributed by atoms with Crippen LogP contribution >= 0.6 is 0 Å². The summed E-state index contributed by atoms with van der Waals surface area (Å²) in [6.07, 6.45) is 1.78. The average Bonchev–Trinajstić information content (AvgIpc) is 2.75. The molecule has 0 atom stereocenters. The predicted molar refractivity (Wildman–Crippen MR) is 82.5 cm³/mol. The number of fused-ring (bicyclic) bond motifs is 1. The quantitative estimate of drug-likeness (QED) is 0.799. The number of ether oxygens (including phenoxy) is 1. The number of aromatic nitrogens is 3. The molecule has 0 fully saturated rings. The maximum Gasteiger partial charge on any atom is 0.222 e. The molecule has 0 saturated heterocycles. The van der Waals surface area contributed by atoms with Crippen LogP contribution in [0.1, 0.15) is 11.3 Å². The molecule has 0 amide bonds. The molecule has 0 aliphatic rings. The zero-order valence-electron chi connectivity index (χ0n) is 12.4. The van der Waals surface area contributed by atoms with E-state index < -0.39 is 0 Å². The van der Waals surface area contributed by atoms with Crippen molar-refractivity contribution in [3.63, 3.8) is 0 Å². The van der Waals surface area contributed by atoms with Gasteiger partial charge >= 0.3 is 0 Å². The number of nitrogens with one attached hydrogen (secondary N) is 1. The lowest BCUT2D eigenvalue weighted by Gasteiger charge is -2.09. The van der Waals surface area contributed by atoms with Crippen LogP contribution in [-0.2, 0) is 13.6 Å². The van der Waals surface area contributed by atoms with Crippen LogP contribution in [0.3, 0.4) is 0 Å². The Labute approximate surface area is 123 Å². The summed E-state index contributed by atoms with van der Waals surface area (Å²) in [4.78, 5) is 4.36. The molecule has 1 N–H and O–H groups in total. The zero-order chi connectivity index (χ0) is 14.8. The smallest absolute Gasteiger partial charge is 0.222 e. The number of hydrogen-bond donors (Lipinski definition) is 1. The zero-order valence-corrected chi connectivity index (χ0v) is 12.4. The normalized spacial score (nSPS) is 11.0. The van der Waals surface area contributed by atoms with Crippen molar-refractivity contribution in [2.75, 3.05) is 7.05 Å². The first-order chi connectivity index (χ1) is 10.2. The van der Waals surface area contributed by atoms with Gasteiger partial charge in [0, 0.05) is 31.2 Å². The molecule has 0 aliphatic heterocycles. The molecule has 21 heavy (non-hydrogen) atoms. The summed E-state index contributed by atoms with van der Waals surface area (Å²) in [6.45, 7) is 2.71. The molecule has 5 nitrogen and oxygen atoms in total. The van der Waals surface area contributed by atoms with Crippen molar-refractivity contribution in [2.24, 2.45) is 7.05 Å². The molecule has 3 aromatic rings. The SMILES string of the molecule is CNCc1c(C)nn(C)c1Oc1ccc2cccnc2c1. The Morgan fingerprint density at radius 3 is 2.95 bits per heavy atom. The topological polar surface area (TPSA) is 52.0 Å². The molecule has 0 bridgehead atoms. The van der Waals surface area contributed by atoms with E-state index in [1.807, 2.05) is 51.4 Å². The molecule has 0 spiro atoms. The summed E-state index contributed by atoms with van der Waals surface area (Å²) < 4.78 is 7.81. The largest absolute Gasteiger partial charge is 0.439 e. The maximum absolute atomic E-state index is 6.04. The lowest BCUT2D eigenvalue weighted by atomic mass is 10.2. The fraction of sp³-hybridized carbons (Fsp3) is 0.250. The number of hydrogen-bond acceptors (Lipinski definition) is 4. The number of aryl methyl sites for hydroxylation is 2. The molecule has 2 aromatic heterocycles. The van der Waals surface area contributed by atoms with Gasteiger partial charge in [0.05, 0.1) is 16.8 Å². The Morgan fingerprint density at radius 2 is 2.14 bits per heavy atom. The standard InChI is InChI=1S/C16H18N4O/c1-11-14(10-17-2)16(20(3)19-11)21-13-7-6-12-5-4-8-18-15(12)9-13/h4-9,17H,10H2,1-3H3. The van der Waals surface area contributed by atoms with Crippen molar-refractivity contribution < 1.29 is 4.74 Å². The highest BCUT2D eigenvalue weighted by molar-refractivity contribution is 5.79. The first-order valence-electron chi connectivity index (χ1n) is 6.88. The van der Waals surface area contributed by atoms with Crippen molar-refractivity contribution in [1.82, 2.24) is 20.1 Å². The summed E-state index contributed by atoms with van der Waals surface area (Å²) in [5.74, 6) is 1.53. The number of nitrogens with zero attached hydrogens (tertiary/aromatic N) is 3. The molecule has 0 saturated carbocycles. The van der Waals surface area contributed by atoms with Crippen molar-refractivity contribution in [3.8, 4) is 11.6 Å². The van der Waals surface area contributed by atoms with Crippen LogP contribution in [0.4, 0.5) is 0 Å². The second-order valence-electron chi connectivity index (χ2n) is 4.98. The van der Waals surface area contributed by atoms with E-state index in [4.69, 9.17) is 4.74 Å². The van der Waals surface area contributed by atoms with Crippen molar-refractivity contribution >= 4 is 10.9 Å². The summed E-state index contributed by atoms with van der Waals surface area (Å²) in [7, 11) is 3.80. The van der Waals surface area contributed by atoms with Crippen molar-refractivity contribution in [1.29, 1.82) is 0 Å². The van der Waals surface area contributed by atoms with E-state index in [-0.39, 0.29) is 0 Å². The van der Waals surface area contributed by atoms with Crippen LogP contribution in [0.2, 0.25) is 0 Å². The van der Waals surface area contributed by atoms with E-state index in [1.165, 1.54) is 0 Å². The lowest BCUT2D eigenvalue weighted by Crippen LogP contribution is -2.07.